The molecule has 1 aromatic carbocycles. The van der Waals surface area contributed by atoms with Crippen LogP contribution in [0.15, 0.2) is 18.2 Å². The predicted octanol–water partition coefficient (Wildman–Crippen LogP) is 2.25. The Hall–Kier alpha value is -1.13. The fraction of sp³-hybridized carbons (Fsp3) is 0.571. The minimum atomic E-state index is -0.322. The number of hydrogen-bond acceptors (Lipinski definition) is 3. The summed E-state index contributed by atoms with van der Waals surface area (Å²) in [4.78, 5) is 2.16. The van der Waals surface area contributed by atoms with E-state index in [-0.39, 0.29) is 11.6 Å². The molecule has 0 heterocycles. The summed E-state index contributed by atoms with van der Waals surface area (Å²) in [6, 6.07) is 5.36. The third-order valence-electron chi connectivity index (χ3n) is 3.23. The van der Waals surface area contributed by atoms with Gasteiger partial charge in [-0.1, -0.05) is 19.9 Å². The van der Waals surface area contributed by atoms with Crippen molar-refractivity contribution in [2.24, 2.45) is 11.7 Å². The number of nitrogens with two attached hydrogens (primary N) is 1. The number of ether oxygens (including phenoxy) is 1. The van der Waals surface area contributed by atoms with E-state index in [2.05, 4.69) is 18.7 Å². The van der Waals surface area contributed by atoms with Crippen molar-refractivity contribution in [3.8, 4) is 5.75 Å². The molecule has 1 unspecified atom stereocenters. The molecule has 1 aromatic rings. The molecule has 0 aliphatic carbocycles. The molecule has 102 valence electrons. The molecule has 0 bridgehead atoms. The average molecular weight is 254 g/mol. The van der Waals surface area contributed by atoms with Gasteiger partial charge in [0.1, 0.15) is 0 Å². The molecule has 0 aromatic heterocycles. The highest BCUT2D eigenvalue weighted by Gasteiger charge is 2.17. The van der Waals surface area contributed by atoms with Crippen molar-refractivity contribution >= 4 is 0 Å². The van der Waals surface area contributed by atoms with Gasteiger partial charge in [-0.05, 0) is 30.7 Å². The summed E-state index contributed by atoms with van der Waals surface area (Å²) in [5.74, 6) is 0.431. The van der Waals surface area contributed by atoms with Crippen LogP contribution >= 0.6 is 0 Å². The van der Waals surface area contributed by atoms with Crippen LogP contribution in [0, 0.1) is 11.7 Å². The summed E-state index contributed by atoms with van der Waals surface area (Å²) in [5, 5.41) is 0. The topological polar surface area (TPSA) is 38.5 Å². The molecular formula is C14H23FN2O. The molecule has 0 aliphatic rings. The van der Waals surface area contributed by atoms with Gasteiger partial charge >= 0.3 is 0 Å². The fourth-order valence-electron chi connectivity index (χ4n) is 2.17. The Labute approximate surface area is 109 Å². The largest absolute Gasteiger partial charge is 0.494 e. The van der Waals surface area contributed by atoms with Gasteiger partial charge in [0.05, 0.1) is 7.11 Å². The summed E-state index contributed by atoms with van der Waals surface area (Å²) >= 11 is 0. The lowest BCUT2D eigenvalue weighted by atomic mass is 10.0. The van der Waals surface area contributed by atoms with Gasteiger partial charge in [-0.25, -0.2) is 4.39 Å². The molecule has 3 nitrogen and oxygen atoms in total. The number of likely N-dealkylation sites (N-methyl/N-ethyl adjacent to an activating group) is 1. The van der Waals surface area contributed by atoms with E-state index in [0.717, 1.165) is 5.56 Å². The van der Waals surface area contributed by atoms with E-state index < -0.39 is 0 Å². The molecule has 18 heavy (non-hydrogen) atoms. The molecule has 0 amide bonds. The van der Waals surface area contributed by atoms with E-state index in [1.807, 2.05) is 13.1 Å². The average Bonchev–Trinajstić information content (AvgIpc) is 2.29. The first-order chi connectivity index (χ1) is 8.49. The van der Waals surface area contributed by atoms with Gasteiger partial charge in [-0.2, -0.15) is 0 Å². The van der Waals surface area contributed by atoms with Crippen LogP contribution in [0.2, 0.25) is 0 Å². The van der Waals surface area contributed by atoms with Crippen molar-refractivity contribution in [1.29, 1.82) is 0 Å². The van der Waals surface area contributed by atoms with Crippen LogP contribution < -0.4 is 10.5 Å². The molecule has 0 fully saturated rings. The molecule has 2 N–H and O–H groups in total. The SMILES string of the molecule is COc1ccc(CN(C)C(CN)C(C)C)cc1F. The molecule has 0 spiro atoms. The zero-order chi connectivity index (χ0) is 13.7. The Balaban J connectivity index is 2.75. The van der Waals surface area contributed by atoms with Crippen LogP contribution in [0.25, 0.3) is 0 Å². The van der Waals surface area contributed by atoms with Crippen LogP contribution in [0.5, 0.6) is 5.75 Å². The number of nitrogens with zero attached hydrogens (tertiary/aromatic N) is 1. The van der Waals surface area contributed by atoms with Gasteiger partial charge in [0.15, 0.2) is 11.6 Å². The lowest BCUT2D eigenvalue weighted by Crippen LogP contribution is -2.41. The highest BCUT2D eigenvalue weighted by Crippen LogP contribution is 2.19. The summed E-state index contributed by atoms with van der Waals surface area (Å²) in [5.41, 5.74) is 6.69. The molecular weight excluding hydrogens is 231 g/mol. The monoisotopic (exact) mass is 254 g/mol. The Morgan fingerprint density at radius 1 is 1.39 bits per heavy atom. The second-order valence-electron chi connectivity index (χ2n) is 4.93. The Morgan fingerprint density at radius 2 is 2.06 bits per heavy atom. The highest BCUT2D eigenvalue weighted by atomic mass is 19.1. The quantitative estimate of drug-likeness (QED) is 0.846. The second-order valence-corrected chi connectivity index (χ2v) is 4.93. The maximum atomic E-state index is 13.6. The molecule has 1 atom stereocenters. The van der Waals surface area contributed by atoms with E-state index in [9.17, 15) is 4.39 Å². The Kier molecular flexibility index (Phi) is 5.56. The summed E-state index contributed by atoms with van der Waals surface area (Å²) in [7, 11) is 3.48. The first kappa shape index (κ1) is 14.9. The van der Waals surface area contributed by atoms with E-state index in [0.29, 0.717) is 25.0 Å². The molecule has 0 saturated carbocycles. The Morgan fingerprint density at radius 3 is 2.50 bits per heavy atom. The lowest BCUT2D eigenvalue weighted by Gasteiger charge is -2.30. The van der Waals surface area contributed by atoms with Crippen molar-refractivity contribution in [3.63, 3.8) is 0 Å². The zero-order valence-corrected chi connectivity index (χ0v) is 11.6. The van der Waals surface area contributed by atoms with Crippen LogP contribution in [0.4, 0.5) is 4.39 Å². The number of methoxy groups -OCH3 is 1. The third-order valence-corrected chi connectivity index (χ3v) is 3.23. The maximum absolute atomic E-state index is 13.6. The standard InChI is InChI=1S/C14H23FN2O/c1-10(2)13(8-16)17(3)9-11-5-6-14(18-4)12(15)7-11/h5-7,10,13H,8-9,16H2,1-4H3. The van der Waals surface area contributed by atoms with Gasteiger partial charge in [-0.15, -0.1) is 0 Å². The van der Waals surface area contributed by atoms with Crippen molar-refractivity contribution in [3.05, 3.63) is 29.6 Å². The third kappa shape index (κ3) is 3.68. The highest BCUT2D eigenvalue weighted by molar-refractivity contribution is 5.29. The zero-order valence-electron chi connectivity index (χ0n) is 11.6. The van der Waals surface area contributed by atoms with Crippen LogP contribution in [-0.4, -0.2) is 31.6 Å². The minimum absolute atomic E-state index is 0.278. The summed E-state index contributed by atoms with van der Waals surface area (Å²) in [6.07, 6.45) is 0. The van der Waals surface area contributed by atoms with Crippen LogP contribution in [0.3, 0.4) is 0 Å². The van der Waals surface area contributed by atoms with E-state index >= 15 is 0 Å². The van der Waals surface area contributed by atoms with E-state index in [4.69, 9.17) is 10.5 Å². The van der Waals surface area contributed by atoms with Gasteiger partial charge in [0, 0.05) is 19.1 Å². The molecule has 1 rings (SSSR count). The van der Waals surface area contributed by atoms with Gasteiger partial charge in [0.25, 0.3) is 0 Å². The van der Waals surface area contributed by atoms with E-state index in [1.165, 1.54) is 13.2 Å². The normalized spacial score (nSPS) is 13.1. The van der Waals surface area contributed by atoms with Crippen LogP contribution in [0.1, 0.15) is 19.4 Å². The van der Waals surface area contributed by atoms with Gasteiger partial charge in [0.2, 0.25) is 0 Å². The molecule has 0 radical (unpaired) electrons. The number of halogens is 1. The lowest BCUT2D eigenvalue weighted by molar-refractivity contribution is 0.190. The van der Waals surface area contributed by atoms with Crippen LogP contribution in [-0.2, 0) is 6.54 Å². The van der Waals surface area contributed by atoms with Crippen molar-refractivity contribution in [2.75, 3.05) is 20.7 Å². The van der Waals surface area contributed by atoms with Crippen molar-refractivity contribution < 1.29 is 9.13 Å². The summed E-state index contributed by atoms with van der Waals surface area (Å²) in [6.45, 7) is 5.57. The molecule has 0 aliphatic heterocycles. The number of rotatable bonds is 6. The second kappa shape index (κ2) is 6.71. The van der Waals surface area contributed by atoms with Gasteiger partial charge in [-0.3, -0.25) is 4.90 Å². The minimum Gasteiger partial charge on any atom is -0.494 e. The first-order valence-electron chi connectivity index (χ1n) is 6.22. The Bertz CT molecular complexity index is 382. The maximum Gasteiger partial charge on any atom is 0.165 e. The van der Waals surface area contributed by atoms with Crippen molar-refractivity contribution in [2.45, 2.75) is 26.4 Å². The first-order valence-corrected chi connectivity index (χ1v) is 6.22. The molecule has 4 heteroatoms. The number of hydrogen-bond donors (Lipinski definition) is 1. The summed E-state index contributed by atoms with van der Waals surface area (Å²) < 4.78 is 18.5. The number of benzene rings is 1. The molecule has 0 saturated heterocycles. The van der Waals surface area contributed by atoms with Crippen molar-refractivity contribution in [1.82, 2.24) is 4.90 Å². The van der Waals surface area contributed by atoms with Gasteiger partial charge < -0.3 is 10.5 Å². The predicted molar refractivity (Wildman–Crippen MR) is 72.1 cm³/mol. The van der Waals surface area contributed by atoms with E-state index in [1.54, 1.807) is 6.07 Å². The smallest absolute Gasteiger partial charge is 0.165 e. The fourth-order valence-corrected chi connectivity index (χ4v) is 2.17.